The Hall–Kier alpha value is -16.5. The predicted molar refractivity (Wildman–Crippen MR) is 480 cm³/mol. The van der Waals surface area contributed by atoms with Crippen molar-refractivity contribution in [3.63, 3.8) is 0 Å². The van der Waals surface area contributed by atoms with E-state index in [1.165, 1.54) is 35.5 Å². The zero-order chi connectivity index (χ0) is 86.1. The fourth-order valence-electron chi connectivity index (χ4n) is 12.7. The molecule has 30 heteroatoms. The van der Waals surface area contributed by atoms with Crippen molar-refractivity contribution in [3.05, 3.63) is 362 Å². The number of nitrogens with zero attached hydrogens (tertiary/aromatic N) is 18. The van der Waals surface area contributed by atoms with Crippen LogP contribution in [0.4, 0.5) is 56.9 Å². The van der Waals surface area contributed by atoms with Crippen LogP contribution in [-0.2, 0) is 32.7 Å². The molecule has 17 aromatic rings. The van der Waals surface area contributed by atoms with Crippen molar-refractivity contribution >= 4 is 84.4 Å². The second kappa shape index (κ2) is 40.6. The molecule has 123 heavy (non-hydrogen) atoms. The molecule has 0 unspecified atom stereocenters. The third-order valence-corrected chi connectivity index (χ3v) is 19.2. The molecule has 0 aliphatic carbocycles. The summed E-state index contributed by atoms with van der Waals surface area (Å²) in [6.45, 7) is 15.8. The van der Waals surface area contributed by atoms with Gasteiger partial charge in [-0.2, -0.15) is 25.5 Å². The molecule has 0 atom stereocenters. The van der Waals surface area contributed by atoms with Gasteiger partial charge in [-0.05, 0) is 175 Å². The van der Waals surface area contributed by atoms with Gasteiger partial charge in [-0.25, -0.2) is 28.2 Å². The number of rotatable bonds is 21. The number of aromatic nitrogens is 18. The Labute approximate surface area is 705 Å². The second-order valence-corrected chi connectivity index (χ2v) is 27.3. The summed E-state index contributed by atoms with van der Waals surface area (Å²) in [7, 11) is 0. The number of pyridine rings is 8. The minimum Gasteiger partial charge on any atom is -0.478 e. The summed E-state index contributed by atoms with van der Waals surface area (Å²) in [5.41, 5.74) is 15.3. The molecule has 4 aromatic carbocycles. The zero-order valence-electron chi connectivity index (χ0n) is 68.2. The van der Waals surface area contributed by atoms with E-state index < -0.39 is 5.97 Å². The number of aromatic carboxylic acids is 1. The quantitative estimate of drug-likeness (QED) is 0.0389. The molecule has 0 saturated heterocycles. The Morgan fingerprint density at radius 2 is 0.585 bits per heavy atom. The highest BCUT2D eigenvalue weighted by molar-refractivity contribution is 5.96. The summed E-state index contributed by atoms with van der Waals surface area (Å²) in [5, 5.41) is 51.0. The number of nitrogens with one attached hydrogen (secondary N) is 5. The lowest BCUT2D eigenvalue weighted by molar-refractivity contribution is 0.0696. The minimum atomic E-state index is -0.991. The van der Waals surface area contributed by atoms with E-state index in [1.54, 1.807) is 142 Å². The Bertz CT molecular complexity index is 6500. The monoisotopic (exact) mass is 1640 g/mol. The molecule has 30 nitrogen and oxygen atoms in total. The van der Waals surface area contributed by atoms with Crippen LogP contribution in [-0.4, -0.2) is 99.9 Å². The molecule has 0 saturated carbocycles. The maximum atomic E-state index is 12.7. The fraction of sp³-hybridized carbons (Fsp3) is 0.129. The lowest BCUT2D eigenvalue weighted by Crippen LogP contribution is -2.25. The van der Waals surface area contributed by atoms with Gasteiger partial charge in [0, 0.05) is 162 Å². The van der Waals surface area contributed by atoms with E-state index in [0.717, 1.165) is 88.9 Å². The van der Waals surface area contributed by atoms with Crippen molar-refractivity contribution in [1.82, 2.24) is 88.8 Å². The van der Waals surface area contributed by atoms with E-state index in [9.17, 15) is 28.8 Å². The summed E-state index contributed by atoms with van der Waals surface area (Å²) >= 11 is 0. The van der Waals surface area contributed by atoms with Gasteiger partial charge in [0.05, 0.1) is 81.6 Å². The molecule has 13 heterocycles. The van der Waals surface area contributed by atoms with E-state index >= 15 is 0 Å². The molecule has 0 spiro atoms. The average molecular weight is 1640 g/mol. The first-order chi connectivity index (χ1) is 60.0. The maximum Gasteiger partial charge on any atom is 0.335 e. The highest BCUT2D eigenvalue weighted by Gasteiger charge is 2.18. The summed E-state index contributed by atoms with van der Waals surface area (Å²) < 4.78 is 7.19. The number of hydrogen-bond acceptors (Lipinski definition) is 24. The molecule has 13 aromatic heterocycles. The highest BCUT2D eigenvalue weighted by atomic mass is 16.4. The molecule has 0 bridgehead atoms. The molecule has 0 aliphatic rings. The van der Waals surface area contributed by atoms with Crippen LogP contribution < -0.4 is 54.4 Å². The number of carboxylic acids is 1. The molecule has 0 radical (unpaired) electrons. The van der Waals surface area contributed by atoms with Crippen LogP contribution in [0.1, 0.15) is 56.1 Å². The van der Waals surface area contributed by atoms with Gasteiger partial charge in [-0.3, -0.25) is 63.8 Å². The van der Waals surface area contributed by atoms with E-state index in [-0.39, 0.29) is 33.4 Å². The van der Waals surface area contributed by atoms with Gasteiger partial charge < -0.3 is 31.7 Å². The van der Waals surface area contributed by atoms with E-state index in [1.807, 2.05) is 188 Å². The zero-order valence-corrected chi connectivity index (χ0v) is 68.2. The first-order valence-corrected chi connectivity index (χ1v) is 39.4. The number of anilines is 10. The third kappa shape index (κ3) is 21.1. The largest absolute Gasteiger partial charge is 0.478 e. The summed E-state index contributed by atoms with van der Waals surface area (Å²) in [4.78, 5) is 107. The van der Waals surface area contributed by atoms with Gasteiger partial charge >= 0.3 is 5.97 Å². The Morgan fingerprint density at radius 1 is 0.285 bits per heavy atom. The smallest absolute Gasteiger partial charge is 0.335 e. The minimum absolute atomic E-state index is 0.159. The SMILES string of the molecule is CCn1nc(-c2ccccc2)cc(Nc2ccc(C(=O)O)cc2)c1=O.CCn1nc(-c2cccnc2)cc(Nc2cncc3ccccc23)c1=O.CCn1nc(-c2cccnc2)cc(Nc2cnccc2C)c1=O.CCn1nc(-c2ccncc2)cc(Nc2cncc3ccccc23)c1=O.CCn1nc(-c2ccncc2)cc(Nc2cnccc2C)c1=O. The number of carbonyl (C=O) groups is 1. The van der Waals surface area contributed by atoms with Gasteiger partial charge in [0.1, 0.15) is 28.4 Å². The third-order valence-electron chi connectivity index (χ3n) is 19.2. The molecule has 17 rings (SSSR count). The second-order valence-electron chi connectivity index (χ2n) is 27.3. The summed E-state index contributed by atoms with van der Waals surface area (Å²) in [6.07, 6.45) is 27.6. The van der Waals surface area contributed by atoms with Gasteiger partial charge in [0.15, 0.2) is 0 Å². The van der Waals surface area contributed by atoms with Crippen molar-refractivity contribution in [2.75, 3.05) is 26.6 Å². The Balaban J connectivity index is 0.000000132. The molecule has 0 aliphatic heterocycles. The van der Waals surface area contributed by atoms with Crippen LogP contribution in [0.2, 0.25) is 0 Å². The lowest BCUT2D eigenvalue weighted by atomic mass is 10.1. The van der Waals surface area contributed by atoms with Crippen molar-refractivity contribution in [1.29, 1.82) is 0 Å². The molecular formula is C93H85N23O7. The van der Waals surface area contributed by atoms with Crippen LogP contribution in [0, 0.1) is 13.8 Å². The van der Waals surface area contributed by atoms with Crippen molar-refractivity contribution in [2.24, 2.45) is 0 Å². The summed E-state index contributed by atoms with van der Waals surface area (Å²) in [5.74, 6) is -0.991. The first kappa shape index (κ1) is 84.4. The van der Waals surface area contributed by atoms with Crippen molar-refractivity contribution < 1.29 is 9.90 Å². The Morgan fingerprint density at radius 3 is 0.927 bits per heavy atom. The topological polar surface area (TPSA) is 375 Å². The standard InChI is InChI=1S/2C20H17N5O.C19H17N3O3.2C17H17N5O/c1-2-25-20(26)18(10-17(24-25)15-7-5-9-21-12-15)23-19-13-22-11-14-6-3-4-8-16(14)19;1-2-25-20(26)18(11-17(24-25)14-7-9-21-10-8-14)23-19-13-22-12-15-5-3-4-6-16(15)19;1-2-22-18(23)17(12-16(21-22)13-6-4-3-5-7-13)20-15-10-8-14(9-11-15)19(24)25;1-3-22-17(23)15(20-16-11-19-7-4-12(16)2)10-14(21-22)13-5-8-18-9-6-13;1-3-22-17(23)15(20-16-11-19-8-6-12(16)2)9-14(21-22)13-5-4-7-18-10-13/h2*3-13,23H,2H2,1H3;3-12,20H,2H2,1H3,(H,24,25);2*4-11,20H,3H2,1-2H3. The average Bonchev–Trinajstić information content (AvgIpc) is 0.804. The molecule has 0 fully saturated rings. The molecule has 6 N–H and O–H groups in total. The van der Waals surface area contributed by atoms with E-state index in [0.29, 0.717) is 89.6 Å². The van der Waals surface area contributed by atoms with E-state index in [2.05, 4.69) is 91.9 Å². The normalized spacial score (nSPS) is 10.6. The van der Waals surface area contributed by atoms with Crippen molar-refractivity contribution in [2.45, 2.75) is 81.2 Å². The number of benzene rings is 4. The lowest BCUT2D eigenvalue weighted by Gasteiger charge is -2.12. The molecular weight excluding hydrogens is 1550 g/mol. The van der Waals surface area contributed by atoms with Crippen LogP contribution >= 0.6 is 0 Å². The molecule has 614 valence electrons. The van der Waals surface area contributed by atoms with Gasteiger partial charge in [-0.1, -0.05) is 78.9 Å². The van der Waals surface area contributed by atoms with Crippen LogP contribution in [0.5, 0.6) is 0 Å². The maximum absolute atomic E-state index is 12.7. The molecule has 0 amide bonds. The van der Waals surface area contributed by atoms with Gasteiger partial charge in [-0.15, -0.1) is 0 Å². The van der Waals surface area contributed by atoms with Crippen LogP contribution in [0.15, 0.2) is 317 Å². The fourth-order valence-corrected chi connectivity index (χ4v) is 12.7. The number of hydrogen-bond donors (Lipinski definition) is 6. The number of aryl methyl sites for hydroxylation is 7. The van der Waals surface area contributed by atoms with E-state index in [4.69, 9.17) is 5.11 Å². The van der Waals surface area contributed by atoms with Crippen LogP contribution in [0.3, 0.4) is 0 Å². The first-order valence-electron chi connectivity index (χ1n) is 39.4. The van der Waals surface area contributed by atoms with Gasteiger partial charge in [0.25, 0.3) is 27.8 Å². The summed E-state index contributed by atoms with van der Waals surface area (Å²) in [6, 6.07) is 59.2. The van der Waals surface area contributed by atoms with Crippen molar-refractivity contribution in [3.8, 4) is 56.3 Å². The van der Waals surface area contributed by atoms with Gasteiger partial charge in [0.2, 0.25) is 0 Å². The van der Waals surface area contributed by atoms with Crippen LogP contribution in [0.25, 0.3) is 77.8 Å². The highest BCUT2D eigenvalue weighted by Crippen LogP contribution is 2.30. The number of fused-ring (bicyclic) bond motifs is 2. The predicted octanol–water partition coefficient (Wildman–Crippen LogP) is 16.2. The Kier molecular flexibility index (Phi) is 27.8. The number of carboxylic acid groups (broad SMARTS) is 1.